The quantitative estimate of drug-likeness (QED) is 0.863. The maximum Gasteiger partial charge on any atom is 0.408 e. The second-order valence-corrected chi connectivity index (χ2v) is 5.44. The van der Waals surface area contributed by atoms with Crippen LogP contribution in [-0.4, -0.2) is 23.0 Å². The van der Waals surface area contributed by atoms with Gasteiger partial charge in [-0.05, 0) is 32.9 Å². The lowest BCUT2D eigenvalue weighted by atomic mass is 10.1. The molecule has 1 atom stereocenters. The largest absolute Gasteiger partial charge is 0.444 e. The summed E-state index contributed by atoms with van der Waals surface area (Å²) in [4.78, 5) is 26.4. The molecule has 0 aliphatic carbocycles. The second-order valence-electron chi connectivity index (χ2n) is 5.00. The van der Waals surface area contributed by atoms with Crippen molar-refractivity contribution in [2.45, 2.75) is 38.8 Å². The van der Waals surface area contributed by atoms with Crippen LogP contribution < -0.4 is 5.32 Å². The molecule has 0 spiro atoms. The van der Waals surface area contributed by atoms with Gasteiger partial charge in [0.15, 0.2) is 0 Å². The van der Waals surface area contributed by atoms with Crippen LogP contribution >= 0.6 is 11.6 Å². The maximum atomic E-state index is 11.7. The Bertz CT molecular complexity index is 440. The number of ether oxygens (including phenoxy) is 1. The lowest BCUT2D eigenvalue weighted by molar-refractivity contribution is -0.108. The van der Waals surface area contributed by atoms with E-state index in [0.717, 1.165) is 6.29 Å². The molecule has 1 aromatic rings. The molecule has 1 aromatic heterocycles. The first-order chi connectivity index (χ1) is 8.81. The van der Waals surface area contributed by atoms with E-state index in [1.807, 2.05) is 0 Å². The number of hydrogen-bond acceptors (Lipinski definition) is 4. The normalized spacial score (nSPS) is 12.6. The first kappa shape index (κ1) is 15.4. The fourth-order valence-electron chi connectivity index (χ4n) is 1.39. The highest BCUT2D eigenvalue weighted by atomic mass is 35.5. The smallest absolute Gasteiger partial charge is 0.408 e. The summed E-state index contributed by atoms with van der Waals surface area (Å²) in [5.41, 5.74) is -0.0363. The molecular weight excluding hydrogens is 268 g/mol. The zero-order valence-electron chi connectivity index (χ0n) is 11.1. The minimum absolute atomic E-state index is 0.119. The summed E-state index contributed by atoms with van der Waals surface area (Å²) in [6.45, 7) is 5.30. The molecule has 0 bridgehead atoms. The van der Waals surface area contributed by atoms with E-state index in [1.165, 1.54) is 6.20 Å². The maximum absolute atomic E-state index is 11.7. The number of aromatic nitrogens is 1. The first-order valence-electron chi connectivity index (χ1n) is 5.86. The van der Waals surface area contributed by atoms with Gasteiger partial charge in [-0.25, -0.2) is 4.79 Å². The van der Waals surface area contributed by atoms with Gasteiger partial charge in [0, 0.05) is 12.6 Å². The lowest BCUT2D eigenvalue weighted by Crippen LogP contribution is -2.35. The minimum Gasteiger partial charge on any atom is -0.444 e. The van der Waals surface area contributed by atoms with Crippen LogP contribution in [0.4, 0.5) is 4.79 Å². The molecule has 0 saturated carbocycles. The molecule has 1 rings (SSSR count). The van der Waals surface area contributed by atoms with E-state index in [0.29, 0.717) is 10.7 Å². The van der Waals surface area contributed by atoms with Crippen LogP contribution in [0.3, 0.4) is 0 Å². The molecule has 5 nitrogen and oxygen atoms in total. The Morgan fingerprint density at radius 1 is 1.53 bits per heavy atom. The van der Waals surface area contributed by atoms with Gasteiger partial charge >= 0.3 is 6.09 Å². The highest BCUT2D eigenvalue weighted by Gasteiger charge is 2.21. The van der Waals surface area contributed by atoms with Crippen molar-refractivity contribution >= 4 is 24.0 Å². The molecule has 0 saturated heterocycles. The van der Waals surface area contributed by atoms with Crippen LogP contribution in [-0.2, 0) is 9.53 Å². The van der Waals surface area contributed by atoms with Gasteiger partial charge in [-0.3, -0.25) is 4.98 Å². The SMILES string of the molecule is CC(C)(C)OC(=O)N[C@@H](CC=O)c1ccc(Cl)cn1. The van der Waals surface area contributed by atoms with E-state index in [9.17, 15) is 9.59 Å². The second kappa shape index (κ2) is 6.52. The molecule has 0 aliphatic heterocycles. The third kappa shape index (κ3) is 5.70. The zero-order valence-corrected chi connectivity index (χ0v) is 11.9. The minimum atomic E-state index is -0.594. The number of amides is 1. The number of nitrogens with zero attached hydrogens (tertiary/aromatic N) is 1. The van der Waals surface area contributed by atoms with Gasteiger partial charge in [0.1, 0.15) is 11.9 Å². The Kier molecular flexibility index (Phi) is 5.30. The van der Waals surface area contributed by atoms with Crippen molar-refractivity contribution < 1.29 is 14.3 Å². The summed E-state index contributed by atoms with van der Waals surface area (Å²) < 4.78 is 5.14. The Balaban J connectivity index is 2.75. The summed E-state index contributed by atoms with van der Waals surface area (Å²) in [7, 11) is 0. The summed E-state index contributed by atoms with van der Waals surface area (Å²) in [5.74, 6) is 0. The molecule has 0 radical (unpaired) electrons. The van der Waals surface area contributed by atoms with Crippen molar-refractivity contribution in [2.75, 3.05) is 0 Å². The topological polar surface area (TPSA) is 68.3 Å². The van der Waals surface area contributed by atoms with Crippen molar-refractivity contribution in [3.63, 3.8) is 0 Å². The van der Waals surface area contributed by atoms with Crippen molar-refractivity contribution in [1.29, 1.82) is 0 Å². The average molecular weight is 285 g/mol. The van der Waals surface area contributed by atoms with E-state index >= 15 is 0 Å². The number of halogens is 1. The summed E-state index contributed by atoms with van der Waals surface area (Å²) in [5, 5.41) is 3.10. The highest BCUT2D eigenvalue weighted by molar-refractivity contribution is 6.30. The predicted octanol–water partition coefficient (Wildman–Crippen LogP) is 2.89. The van der Waals surface area contributed by atoms with Crippen LogP contribution in [0, 0.1) is 0 Å². The van der Waals surface area contributed by atoms with Gasteiger partial charge in [0.25, 0.3) is 0 Å². The zero-order chi connectivity index (χ0) is 14.5. The summed E-state index contributed by atoms with van der Waals surface area (Å²) in [6.07, 6.45) is 1.72. The fraction of sp³-hybridized carbons (Fsp3) is 0.462. The molecule has 19 heavy (non-hydrogen) atoms. The molecule has 1 amide bonds. The average Bonchev–Trinajstić information content (AvgIpc) is 2.27. The number of carbonyl (C=O) groups excluding carboxylic acids is 2. The van der Waals surface area contributed by atoms with Crippen molar-refractivity contribution in [2.24, 2.45) is 0 Å². The molecule has 0 unspecified atom stereocenters. The van der Waals surface area contributed by atoms with Gasteiger partial charge in [-0.15, -0.1) is 0 Å². The number of carbonyl (C=O) groups is 2. The van der Waals surface area contributed by atoms with Gasteiger partial charge < -0.3 is 14.8 Å². The number of aldehydes is 1. The molecule has 0 aromatic carbocycles. The van der Waals surface area contributed by atoms with Crippen molar-refractivity contribution in [3.05, 3.63) is 29.0 Å². The van der Waals surface area contributed by atoms with Crippen molar-refractivity contribution in [1.82, 2.24) is 10.3 Å². The van der Waals surface area contributed by atoms with Gasteiger partial charge in [-0.2, -0.15) is 0 Å². The third-order valence-corrected chi connectivity index (χ3v) is 2.35. The summed E-state index contributed by atoms with van der Waals surface area (Å²) >= 11 is 5.74. The predicted molar refractivity (Wildman–Crippen MR) is 72.0 cm³/mol. The van der Waals surface area contributed by atoms with Gasteiger partial charge in [0.2, 0.25) is 0 Å². The van der Waals surface area contributed by atoms with E-state index in [2.05, 4.69) is 10.3 Å². The van der Waals surface area contributed by atoms with Crippen LogP contribution in [0.1, 0.15) is 38.9 Å². The molecule has 104 valence electrons. The lowest BCUT2D eigenvalue weighted by Gasteiger charge is -2.22. The molecular formula is C13H17ClN2O3. The number of rotatable bonds is 4. The standard InChI is InChI=1S/C13H17ClN2O3/c1-13(2,3)19-12(18)16-11(6-7-17)10-5-4-9(14)8-15-10/h4-5,7-8,11H,6H2,1-3H3,(H,16,18)/t11-/m0/s1. The Labute approximate surface area is 117 Å². The number of nitrogens with one attached hydrogen (secondary N) is 1. The Morgan fingerprint density at radius 3 is 2.68 bits per heavy atom. The van der Waals surface area contributed by atoms with Crippen LogP contribution in [0.5, 0.6) is 0 Å². The fourth-order valence-corrected chi connectivity index (χ4v) is 1.50. The molecule has 0 aliphatic rings. The van der Waals surface area contributed by atoms with Gasteiger partial charge in [-0.1, -0.05) is 11.6 Å². The van der Waals surface area contributed by atoms with Crippen LogP contribution in [0.2, 0.25) is 5.02 Å². The molecule has 1 heterocycles. The van der Waals surface area contributed by atoms with E-state index < -0.39 is 17.7 Å². The van der Waals surface area contributed by atoms with E-state index in [4.69, 9.17) is 16.3 Å². The Morgan fingerprint density at radius 2 is 2.21 bits per heavy atom. The number of alkyl carbamates (subject to hydrolysis) is 1. The number of hydrogen-bond donors (Lipinski definition) is 1. The van der Waals surface area contributed by atoms with E-state index in [-0.39, 0.29) is 6.42 Å². The molecule has 6 heteroatoms. The Hall–Kier alpha value is -1.62. The summed E-state index contributed by atoms with van der Waals surface area (Å²) in [6, 6.07) is 2.79. The van der Waals surface area contributed by atoms with Gasteiger partial charge in [0.05, 0.1) is 16.8 Å². The van der Waals surface area contributed by atoms with Crippen molar-refractivity contribution in [3.8, 4) is 0 Å². The highest BCUT2D eigenvalue weighted by Crippen LogP contribution is 2.17. The van der Waals surface area contributed by atoms with E-state index in [1.54, 1.807) is 32.9 Å². The monoisotopic (exact) mass is 284 g/mol. The molecule has 1 N–H and O–H groups in total. The first-order valence-corrected chi connectivity index (χ1v) is 6.24. The number of pyridine rings is 1. The van der Waals surface area contributed by atoms with Crippen LogP contribution in [0.25, 0.3) is 0 Å². The molecule has 0 fully saturated rings. The van der Waals surface area contributed by atoms with Crippen LogP contribution in [0.15, 0.2) is 18.3 Å². The third-order valence-electron chi connectivity index (χ3n) is 2.13.